The van der Waals surface area contributed by atoms with Crippen LogP contribution in [0.3, 0.4) is 0 Å². The normalized spacial score (nSPS) is 19.2. The monoisotopic (exact) mass is 444 g/mol. The number of furan rings is 1. The first-order valence-electron chi connectivity index (χ1n) is 10.2. The molecule has 6 nitrogen and oxygen atoms in total. The molecular formula is C22H25ClN4O2S. The highest BCUT2D eigenvalue weighted by molar-refractivity contribution is 7.99. The van der Waals surface area contributed by atoms with Gasteiger partial charge >= 0.3 is 0 Å². The molecule has 8 heteroatoms. The van der Waals surface area contributed by atoms with Gasteiger partial charge in [-0.05, 0) is 69.5 Å². The minimum atomic E-state index is 0.153. The van der Waals surface area contributed by atoms with Gasteiger partial charge in [0, 0.05) is 22.7 Å². The third-order valence-corrected chi connectivity index (χ3v) is 6.72. The summed E-state index contributed by atoms with van der Waals surface area (Å²) in [6.07, 6.45) is 4.96. The minimum absolute atomic E-state index is 0.153. The highest BCUT2D eigenvalue weighted by Crippen LogP contribution is 2.28. The fourth-order valence-electron chi connectivity index (χ4n) is 4.02. The quantitative estimate of drug-likeness (QED) is 0.493. The molecule has 1 aliphatic heterocycles. The van der Waals surface area contributed by atoms with Gasteiger partial charge in [0.2, 0.25) is 5.91 Å². The summed E-state index contributed by atoms with van der Waals surface area (Å²) in [5.74, 6) is 2.01. The molecule has 3 heterocycles. The van der Waals surface area contributed by atoms with Gasteiger partial charge in [-0.15, -0.1) is 10.2 Å². The van der Waals surface area contributed by atoms with Crippen molar-refractivity contribution < 1.29 is 9.21 Å². The van der Waals surface area contributed by atoms with Crippen LogP contribution in [0.4, 0.5) is 0 Å². The maximum absolute atomic E-state index is 12.9. The lowest BCUT2D eigenvalue weighted by atomic mass is 9.98. The highest BCUT2D eigenvalue weighted by Gasteiger charge is 2.29. The molecule has 1 amide bonds. The molecule has 0 N–H and O–H groups in total. The van der Waals surface area contributed by atoms with E-state index in [1.54, 1.807) is 6.26 Å². The van der Waals surface area contributed by atoms with Crippen molar-refractivity contribution in [1.29, 1.82) is 0 Å². The Kier molecular flexibility index (Phi) is 6.49. The van der Waals surface area contributed by atoms with Crippen LogP contribution < -0.4 is 0 Å². The van der Waals surface area contributed by atoms with Crippen LogP contribution in [0.5, 0.6) is 0 Å². The molecule has 1 aromatic carbocycles. The molecule has 1 saturated heterocycles. The third kappa shape index (κ3) is 4.57. The number of amides is 1. The van der Waals surface area contributed by atoms with E-state index >= 15 is 0 Å². The van der Waals surface area contributed by atoms with E-state index in [1.807, 2.05) is 45.9 Å². The lowest BCUT2D eigenvalue weighted by Crippen LogP contribution is -2.48. The zero-order valence-corrected chi connectivity index (χ0v) is 18.7. The van der Waals surface area contributed by atoms with Gasteiger partial charge in [0.1, 0.15) is 5.76 Å². The second-order valence-corrected chi connectivity index (χ2v) is 9.08. The summed E-state index contributed by atoms with van der Waals surface area (Å²) in [4.78, 5) is 15.0. The van der Waals surface area contributed by atoms with Crippen LogP contribution in [0, 0.1) is 0 Å². The van der Waals surface area contributed by atoms with Gasteiger partial charge in [-0.2, -0.15) is 0 Å². The Morgan fingerprint density at radius 2 is 1.90 bits per heavy atom. The van der Waals surface area contributed by atoms with Crippen molar-refractivity contribution in [1.82, 2.24) is 19.7 Å². The van der Waals surface area contributed by atoms with E-state index in [-0.39, 0.29) is 18.0 Å². The lowest BCUT2D eigenvalue weighted by Gasteiger charge is -2.39. The number of halogens is 1. The Morgan fingerprint density at radius 1 is 1.17 bits per heavy atom. The van der Waals surface area contributed by atoms with Crippen molar-refractivity contribution in [3.8, 4) is 11.4 Å². The number of aromatic nitrogens is 3. The van der Waals surface area contributed by atoms with Gasteiger partial charge < -0.3 is 9.32 Å². The first-order valence-corrected chi connectivity index (χ1v) is 11.5. The van der Waals surface area contributed by atoms with Crippen LogP contribution in [0.2, 0.25) is 5.02 Å². The Hall–Kier alpha value is -2.25. The van der Waals surface area contributed by atoms with Gasteiger partial charge in [-0.3, -0.25) is 9.36 Å². The lowest BCUT2D eigenvalue weighted by molar-refractivity contribution is -0.134. The van der Waals surface area contributed by atoms with E-state index in [1.165, 1.54) is 18.2 Å². The maximum atomic E-state index is 12.9. The van der Waals surface area contributed by atoms with Crippen LogP contribution in [0.1, 0.15) is 38.9 Å². The molecule has 1 aliphatic rings. The minimum Gasteiger partial charge on any atom is -0.467 e. The molecule has 3 aromatic rings. The fraction of sp³-hybridized carbons (Fsp3) is 0.409. The van der Waals surface area contributed by atoms with Crippen LogP contribution >= 0.6 is 23.4 Å². The number of nitrogens with zero attached hydrogens (tertiary/aromatic N) is 4. The van der Waals surface area contributed by atoms with Crippen LogP contribution in [0.15, 0.2) is 52.2 Å². The van der Waals surface area contributed by atoms with E-state index in [9.17, 15) is 4.79 Å². The van der Waals surface area contributed by atoms with E-state index in [0.717, 1.165) is 30.0 Å². The van der Waals surface area contributed by atoms with Gasteiger partial charge in [0.15, 0.2) is 11.0 Å². The van der Waals surface area contributed by atoms with Crippen LogP contribution in [0.25, 0.3) is 11.4 Å². The summed E-state index contributed by atoms with van der Waals surface area (Å²) < 4.78 is 7.53. The molecule has 2 aromatic heterocycles. The summed E-state index contributed by atoms with van der Waals surface area (Å²) in [5, 5.41) is 10.1. The number of rotatable bonds is 6. The number of carbonyl (C=O) groups is 1. The number of likely N-dealkylation sites (tertiary alicyclic amines) is 1. The second kappa shape index (κ2) is 9.27. The molecule has 0 saturated carbocycles. The molecule has 0 spiro atoms. The van der Waals surface area contributed by atoms with Crippen molar-refractivity contribution in [2.24, 2.45) is 0 Å². The summed E-state index contributed by atoms with van der Waals surface area (Å²) in [6.45, 7) is 4.76. The summed E-state index contributed by atoms with van der Waals surface area (Å²) >= 11 is 7.46. The standard InChI is InChI=1S/C22H25ClN4O2S/c1-15-5-3-6-16(2)27(15)20(28)14-30-22-25-24-21(17-8-10-18(23)11-9-17)26(22)13-19-7-4-12-29-19/h4,7-12,15-16H,3,5-6,13-14H2,1-2H3. The number of thioether (sulfide) groups is 1. The average molecular weight is 445 g/mol. The van der Waals surface area contributed by atoms with Crippen molar-refractivity contribution in [3.05, 3.63) is 53.4 Å². The van der Waals surface area contributed by atoms with Gasteiger partial charge in [0.05, 0.1) is 18.6 Å². The zero-order valence-electron chi connectivity index (χ0n) is 17.1. The third-order valence-electron chi connectivity index (χ3n) is 5.52. The summed E-state index contributed by atoms with van der Waals surface area (Å²) in [5.41, 5.74) is 0.912. The molecule has 2 atom stereocenters. The SMILES string of the molecule is CC1CCCC(C)N1C(=O)CSc1nnc(-c2ccc(Cl)cc2)n1Cc1ccco1. The van der Waals surface area contributed by atoms with Crippen molar-refractivity contribution >= 4 is 29.3 Å². The molecule has 0 aliphatic carbocycles. The van der Waals surface area contributed by atoms with E-state index in [2.05, 4.69) is 24.0 Å². The van der Waals surface area contributed by atoms with Crippen molar-refractivity contribution in [3.63, 3.8) is 0 Å². The molecular weight excluding hydrogens is 420 g/mol. The van der Waals surface area contributed by atoms with Crippen molar-refractivity contribution in [2.45, 2.75) is 56.9 Å². The molecule has 0 bridgehead atoms. The first-order chi connectivity index (χ1) is 14.5. The number of benzene rings is 1. The number of piperidine rings is 1. The van der Waals surface area contributed by atoms with Gasteiger partial charge in [0.25, 0.3) is 0 Å². The molecule has 0 radical (unpaired) electrons. The van der Waals surface area contributed by atoms with Crippen LogP contribution in [-0.2, 0) is 11.3 Å². The maximum Gasteiger partial charge on any atom is 0.233 e. The summed E-state index contributed by atoms with van der Waals surface area (Å²) in [7, 11) is 0. The number of hydrogen-bond acceptors (Lipinski definition) is 5. The fourth-order valence-corrected chi connectivity index (χ4v) is 4.96. The van der Waals surface area contributed by atoms with Crippen LogP contribution in [-0.4, -0.2) is 43.4 Å². The molecule has 30 heavy (non-hydrogen) atoms. The van der Waals surface area contributed by atoms with Gasteiger partial charge in [-0.1, -0.05) is 23.4 Å². The zero-order chi connectivity index (χ0) is 21.1. The predicted molar refractivity (Wildman–Crippen MR) is 119 cm³/mol. The van der Waals surface area contributed by atoms with Crippen molar-refractivity contribution in [2.75, 3.05) is 5.75 Å². The molecule has 2 unspecified atom stereocenters. The largest absolute Gasteiger partial charge is 0.467 e. The smallest absolute Gasteiger partial charge is 0.233 e. The Labute approximate surface area is 185 Å². The Bertz CT molecular complexity index is 977. The predicted octanol–water partition coefficient (Wildman–Crippen LogP) is 5.12. The van der Waals surface area contributed by atoms with E-state index in [4.69, 9.17) is 16.0 Å². The van der Waals surface area contributed by atoms with E-state index in [0.29, 0.717) is 22.5 Å². The van der Waals surface area contributed by atoms with Gasteiger partial charge in [-0.25, -0.2) is 0 Å². The first kappa shape index (κ1) is 21.0. The van der Waals surface area contributed by atoms with E-state index < -0.39 is 0 Å². The second-order valence-electron chi connectivity index (χ2n) is 7.70. The number of carbonyl (C=O) groups excluding carboxylic acids is 1. The Morgan fingerprint density at radius 3 is 2.57 bits per heavy atom. The summed E-state index contributed by atoms with van der Waals surface area (Å²) in [6, 6.07) is 11.8. The number of hydrogen-bond donors (Lipinski definition) is 0. The topological polar surface area (TPSA) is 64.2 Å². The average Bonchev–Trinajstić information content (AvgIpc) is 3.37. The molecule has 158 valence electrons. The highest BCUT2D eigenvalue weighted by atomic mass is 35.5. The Balaban J connectivity index is 1.56. The molecule has 4 rings (SSSR count). The molecule has 1 fully saturated rings.